The molecule has 0 amide bonds. The molecule has 1 aromatic carbocycles. The van der Waals surface area contributed by atoms with Crippen LogP contribution in [-0.4, -0.2) is 48.3 Å². The summed E-state index contributed by atoms with van der Waals surface area (Å²) < 4.78 is 5.50. The predicted molar refractivity (Wildman–Crippen MR) is 73.2 cm³/mol. The van der Waals surface area contributed by atoms with Gasteiger partial charge in [0.05, 0.1) is 6.10 Å². The molecular formula is C15H21NO3. The Kier molecular flexibility index (Phi) is 4.93. The molecule has 4 nitrogen and oxygen atoms in total. The van der Waals surface area contributed by atoms with Gasteiger partial charge in [0.15, 0.2) is 6.10 Å². The minimum atomic E-state index is -0.838. The first-order valence-electron chi connectivity index (χ1n) is 6.76. The van der Waals surface area contributed by atoms with E-state index in [1.54, 1.807) is 0 Å². The van der Waals surface area contributed by atoms with Crippen molar-refractivity contribution in [3.63, 3.8) is 0 Å². The molecule has 1 fully saturated rings. The summed E-state index contributed by atoms with van der Waals surface area (Å²) in [5.41, 5.74) is 1.32. The Labute approximate surface area is 114 Å². The van der Waals surface area contributed by atoms with E-state index in [0.29, 0.717) is 6.42 Å². The first-order valence-corrected chi connectivity index (χ1v) is 6.76. The van der Waals surface area contributed by atoms with Crippen LogP contribution in [0.4, 0.5) is 0 Å². The highest BCUT2D eigenvalue weighted by atomic mass is 16.5. The van der Waals surface area contributed by atoms with E-state index in [1.165, 1.54) is 5.56 Å². The molecule has 1 N–H and O–H groups in total. The van der Waals surface area contributed by atoms with Gasteiger partial charge in [0.2, 0.25) is 0 Å². The van der Waals surface area contributed by atoms with Crippen molar-refractivity contribution >= 4 is 5.97 Å². The fourth-order valence-corrected chi connectivity index (χ4v) is 2.43. The highest BCUT2D eigenvalue weighted by Gasteiger charge is 2.30. The zero-order chi connectivity index (χ0) is 13.7. The van der Waals surface area contributed by atoms with Gasteiger partial charge in [0, 0.05) is 13.1 Å². The van der Waals surface area contributed by atoms with Gasteiger partial charge < -0.3 is 14.7 Å². The molecule has 2 unspecified atom stereocenters. The number of hydrogen-bond acceptors (Lipinski definition) is 3. The lowest BCUT2D eigenvalue weighted by atomic mass is 10.1. The van der Waals surface area contributed by atoms with Gasteiger partial charge in [-0.3, -0.25) is 0 Å². The Balaban J connectivity index is 1.70. The Bertz CT molecular complexity index is 407. The van der Waals surface area contributed by atoms with Gasteiger partial charge in [-0.2, -0.15) is 0 Å². The van der Waals surface area contributed by atoms with E-state index >= 15 is 0 Å². The number of benzene rings is 1. The maximum Gasteiger partial charge on any atom is 0.332 e. The van der Waals surface area contributed by atoms with E-state index in [4.69, 9.17) is 9.84 Å². The summed E-state index contributed by atoms with van der Waals surface area (Å²) >= 11 is 0. The lowest BCUT2D eigenvalue weighted by Crippen LogP contribution is -2.32. The summed E-state index contributed by atoms with van der Waals surface area (Å²) in [5.74, 6) is -0.838. The number of carboxylic acid groups (broad SMARTS) is 1. The van der Waals surface area contributed by atoms with Crippen molar-refractivity contribution in [2.75, 3.05) is 20.1 Å². The molecule has 4 heteroatoms. The van der Waals surface area contributed by atoms with Crippen LogP contribution in [0, 0.1) is 0 Å². The molecule has 1 aliphatic heterocycles. The fourth-order valence-electron chi connectivity index (χ4n) is 2.43. The van der Waals surface area contributed by atoms with Crippen LogP contribution in [0.5, 0.6) is 0 Å². The van der Waals surface area contributed by atoms with Crippen molar-refractivity contribution in [3.8, 4) is 0 Å². The summed E-state index contributed by atoms with van der Waals surface area (Å²) in [6.45, 7) is 1.76. The average molecular weight is 263 g/mol. The standard InChI is InChI=1S/C15H21NO3/c1-16(10-9-12-5-3-2-4-6-12)11-13-7-8-14(19-13)15(17)18/h2-6,13-14H,7-11H2,1H3,(H,17,18). The summed E-state index contributed by atoms with van der Waals surface area (Å²) in [6.07, 6.45) is 1.93. The van der Waals surface area contributed by atoms with Gasteiger partial charge in [-0.25, -0.2) is 4.79 Å². The molecule has 1 heterocycles. The minimum Gasteiger partial charge on any atom is -0.479 e. The van der Waals surface area contributed by atoms with Crippen LogP contribution < -0.4 is 0 Å². The number of carbonyl (C=O) groups is 1. The van der Waals surface area contributed by atoms with Crippen LogP contribution >= 0.6 is 0 Å². The molecular weight excluding hydrogens is 242 g/mol. The number of aliphatic carboxylic acids is 1. The molecule has 0 radical (unpaired) electrons. The molecule has 1 aromatic rings. The second-order valence-corrected chi connectivity index (χ2v) is 5.16. The number of likely N-dealkylation sites (N-methyl/N-ethyl adjacent to an activating group) is 1. The van der Waals surface area contributed by atoms with Crippen LogP contribution in [0.25, 0.3) is 0 Å². The number of hydrogen-bond donors (Lipinski definition) is 1. The maximum absolute atomic E-state index is 10.8. The van der Waals surface area contributed by atoms with Crippen molar-refractivity contribution in [1.82, 2.24) is 4.90 Å². The van der Waals surface area contributed by atoms with Crippen molar-refractivity contribution in [1.29, 1.82) is 0 Å². The van der Waals surface area contributed by atoms with Gasteiger partial charge in [-0.1, -0.05) is 30.3 Å². The Morgan fingerprint density at radius 2 is 2.11 bits per heavy atom. The zero-order valence-electron chi connectivity index (χ0n) is 11.3. The van der Waals surface area contributed by atoms with Gasteiger partial charge in [-0.15, -0.1) is 0 Å². The van der Waals surface area contributed by atoms with Crippen LogP contribution in [0.3, 0.4) is 0 Å². The van der Waals surface area contributed by atoms with Crippen molar-refractivity contribution < 1.29 is 14.6 Å². The third kappa shape index (κ3) is 4.33. The van der Waals surface area contributed by atoms with Crippen molar-refractivity contribution in [2.24, 2.45) is 0 Å². The third-order valence-corrected chi connectivity index (χ3v) is 3.52. The van der Waals surface area contributed by atoms with Crippen molar-refractivity contribution in [3.05, 3.63) is 35.9 Å². The second-order valence-electron chi connectivity index (χ2n) is 5.16. The SMILES string of the molecule is CN(CCc1ccccc1)CC1CCC(C(=O)O)O1. The van der Waals surface area contributed by atoms with E-state index in [1.807, 2.05) is 18.2 Å². The molecule has 0 aliphatic carbocycles. The first kappa shape index (κ1) is 14.0. The zero-order valence-corrected chi connectivity index (χ0v) is 11.3. The van der Waals surface area contributed by atoms with E-state index in [2.05, 4.69) is 24.1 Å². The summed E-state index contributed by atoms with van der Waals surface area (Å²) in [7, 11) is 2.06. The molecule has 0 aromatic heterocycles. The topological polar surface area (TPSA) is 49.8 Å². The molecule has 104 valence electrons. The molecule has 19 heavy (non-hydrogen) atoms. The molecule has 0 spiro atoms. The summed E-state index contributed by atoms with van der Waals surface area (Å²) in [6, 6.07) is 10.4. The molecule has 2 atom stereocenters. The summed E-state index contributed by atoms with van der Waals surface area (Å²) in [5, 5.41) is 8.88. The second kappa shape index (κ2) is 6.68. The monoisotopic (exact) mass is 263 g/mol. The highest BCUT2D eigenvalue weighted by molar-refractivity contribution is 5.72. The number of nitrogens with zero attached hydrogens (tertiary/aromatic N) is 1. The third-order valence-electron chi connectivity index (χ3n) is 3.52. The molecule has 1 saturated heterocycles. The Morgan fingerprint density at radius 1 is 1.37 bits per heavy atom. The number of carboxylic acids is 1. The average Bonchev–Trinajstić information content (AvgIpc) is 2.86. The van der Waals surface area contributed by atoms with Gasteiger partial charge in [0.1, 0.15) is 0 Å². The van der Waals surface area contributed by atoms with E-state index in [-0.39, 0.29) is 6.10 Å². The Hall–Kier alpha value is -1.39. The fraction of sp³-hybridized carbons (Fsp3) is 0.533. The van der Waals surface area contributed by atoms with Gasteiger partial charge in [0.25, 0.3) is 0 Å². The highest BCUT2D eigenvalue weighted by Crippen LogP contribution is 2.20. The quantitative estimate of drug-likeness (QED) is 0.850. The maximum atomic E-state index is 10.8. The van der Waals surface area contributed by atoms with E-state index in [0.717, 1.165) is 25.9 Å². The number of ether oxygens (including phenoxy) is 1. The molecule has 2 rings (SSSR count). The van der Waals surface area contributed by atoms with Crippen LogP contribution in [0.1, 0.15) is 18.4 Å². The number of rotatable bonds is 6. The van der Waals surface area contributed by atoms with Gasteiger partial charge in [-0.05, 0) is 31.9 Å². The van der Waals surface area contributed by atoms with E-state index < -0.39 is 12.1 Å². The minimum absolute atomic E-state index is 0.0573. The smallest absolute Gasteiger partial charge is 0.332 e. The van der Waals surface area contributed by atoms with Gasteiger partial charge >= 0.3 is 5.97 Å². The summed E-state index contributed by atoms with van der Waals surface area (Å²) in [4.78, 5) is 13.0. The lowest BCUT2D eigenvalue weighted by Gasteiger charge is -2.20. The first-order chi connectivity index (χ1) is 9.15. The Morgan fingerprint density at radius 3 is 2.74 bits per heavy atom. The largest absolute Gasteiger partial charge is 0.479 e. The normalized spacial score (nSPS) is 22.8. The van der Waals surface area contributed by atoms with Crippen LogP contribution in [0.2, 0.25) is 0 Å². The van der Waals surface area contributed by atoms with Crippen molar-refractivity contribution in [2.45, 2.75) is 31.5 Å². The van der Waals surface area contributed by atoms with E-state index in [9.17, 15) is 4.79 Å². The predicted octanol–water partition coefficient (Wildman–Crippen LogP) is 1.79. The molecule has 0 saturated carbocycles. The van der Waals surface area contributed by atoms with Crippen LogP contribution in [-0.2, 0) is 16.0 Å². The molecule has 0 bridgehead atoms. The molecule has 1 aliphatic rings. The lowest BCUT2D eigenvalue weighted by molar-refractivity contribution is -0.149. The van der Waals surface area contributed by atoms with Crippen LogP contribution in [0.15, 0.2) is 30.3 Å².